The number of aryl methyl sites for hydroxylation is 1. The molecule has 0 saturated heterocycles. The second kappa shape index (κ2) is 2.31. The van der Waals surface area contributed by atoms with E-state index in [1.807, 2.05) is 42.1 Å². The number of hydrogen-bond acceptors (Lipinski definition) is 1. The zero-order valence-electron chi connectivity index (χ0n) is 6.32. The minimum absolute atomic E-state index is 0.914. The molecule has 2 nitrogen and oxygen atoms in total. The van der Waals surface area contributed by atoms with Gasteiger partial charge in [-0.2, -0.15) is 0 Å². The van der Waals surface area contributed by atoms with Gasteiger partial charge >= 0.3 is 0 Å². The van der Waals surface area contributed by atoms with Crippen LogP contribution in [0.2, 0.25) is 0 Å². The van der Waals surface area contributed by atoms with Crippen LogP contribution in [0.25, 0.3) is 11.5 Å². The lowest BCUT2D eigenvalue weighted by Gasteiger charge is -1.96. The molecule has 56 valence electrons. The van der Waals surface area contributed by atoms with Gasteiger partial charge < -0.3 is 8.98 Å². The van der Waals surface area contributed by atoms with Gasteiger partial charge in [-0.15, -0.1) is 0 Å². The molecule has 2 aromatic heterocycles. The van der Waals surface area contributed by atoms with E-state index in [1.54, 1.807) is 6.26 Å². The third-order valence-corrected chi connectivity index (χ3v) is 1.72. The molecule has 0 saturated carbocycles. The fourth-order valence-electron chi connectivity index (χ4n) is 1.14. The molecule has 0 atom stereocenters. The van der Waals surface area contributed by atoms with Crippen molar-refractivity contribution in [2.24, 2.45) is 7.05 Å². The second-order valence-electron chi connectivity index (χ2n) is 2.48. The van der Waals surface area contributed by atoms with Crippen molar-refractivity contribution in [1.29, 1.82) is 0 Å². The molecule has 11 heavy (non-hydrogen) atoms. The first-order valence-corrected chi connectivity index (χ1v) is 3.53. The Kier molecular flexibility index (Phi) is 1.32. The van der Waals surface area contributed by atoms with Gasteiger partial charge in [0.05, 0.1) is 12.0 Å². The first-order chi connectivity index (χ1) is 5.38. The molecule has 0 unspecified atom stereocenters. The van der Waals surface area contributed by atoms with Crippen LogP contribution in [-0.4, -0.2) is 4.57 Å². The van der Waals surface area contributed by atoms with Gasteiger partial charge in [0.1, 0.15) is 5.76 Å². The van der Waals surface area contributed by atoms with Crippen molar-refractivity contribution in [2.45, 2.75) is 0 Å². The van der Waals surface area contributed by atoms with Crippen molar-refractivity contribution in [3.05, 3.63) is 36.7 Å². The van der Waals surface area contributed by atoms with E-state index in [9.17, 15) is 0 Å². The van der Waals surface area contributed by atoms with E-state index in [0.29, 0.717) is 0 Å². The van der Waals surface area contributed by atoms with Gasteiger partial charge in [0.2, 0.25) is 0 Å². The highest BCUT2D eigenvalue weighted by Crippen LogP contribution is 2.18. The van der Waals surface area contributed by atoms with Crippen LogP contribution in [0.5, 0.6) is 0 Å². The van der Waals surface area contributed by atoms with Crippen LogP contribution in [-0.2, 0) is 7.05 Å². The van der Waals surface area contributed by atoms with Crippen LogP contribution in [0.4, 0.5) is 0 Å². The predicted molar refractivity (Wildman–Crippen MR) is 43.1 cm³/mol. The molecular formula is C9H9NO. The number of aromatic nitrogens is 1. The highest BCUT2D eigenvalue weighted by molar-refractivity contribution is 5.52. The summed E-state index contributed by atoms with van der Waals surface area (Å²) < 4.78 is 7.26. The number of rotatable bonds is 1. The van der Waals surface area contributed by atoms with Crippen molar-refractivity contribution in [3.63, 3.8) is 0 Å². The number of nitrogens with zero attached hydrogens (tertiary/aromatic N) is 1. The highest BCUT2D eigenvalue weighted by Gasteiger charge is 2.01. The normalized spacial score (nSPS) is 10.3. The lowest BCUT2D eigenvalue weighted by Crippen LogP contribution is -1.86. The predicted octanol–water partition coefficient (Wildman–Crippen LogP) is 2.29. The number of hydrogen-bond donors (Lipinski definition) is 0. The molecule has 0 bridgehead atoms. The van der Waals surface area contributed by atoms with Crippen molar-refractivity contribution in [3.8, 4) is 11.5 Å². The maximum Gasteiger partial charge on any atom is 0.150 e. The average Bonchev–Trinajstić information content (AvgIpc) is 2.55. The lowest BCUT2D eigenvalue weighted by molar-refractivity contribution is 0.577. The van der Waals surface area contributed by atoms with Crippen molar-refractivity contribution >= 4 is 0 Å². The van der Waals surface area contributed by atoms with Crippen LogP contribution in [0.15, 0.2) is 41.1 Å². The van der Waals surface area contributed by atoms with Gasteiger partial charge in [-0.05, 0) is 24.3 Å². The van der Waals surface area contributed by atoms with E-state index in [-0.39, 0.29) is 0 Å². The maximum absolute atomic E-state index is 5.24. The standard InChI is InChI=1S/C9H9NO/c1-10-6-2-4-8(10)9-5-3-7-11-9/h2-7H,1H3. The SMILES string of the molecule is Cn1cccc1-c1ccco1. The molecule has 0 aliphatic carbocycles. The summed E-state index contributed by atoms with van der Waals surface area (Å²) in [6, 6.07) is 7.87. The molecular weight excluding hydrogens is 138 g/mol. The van der Waals surface area contributed by atoms with Crippen LogP contribution < -0.4 is 0 Å². The Morgan fingerprint density at radius 3 is 2.73 bits per heavy atom. The molecule has 0 N–H and O–H groups in total. The molecule has 2 rings (SSSR count). The van der Waals surface area contributed by atoms with E-state index < -0.39 is 0 Å². The highest BCUT2D eigenvalue weighted by atomic mass is 16.3. The Labute approximate surface area is 65.1 Å². The van der Waals surface area contributed by atoms with E-state index in [1.165, 1.54) is 0 Å². The lowest BCUT2D eigenvalue weighted by atomic mass is 10.3. The molecule has 2 heteroatoms. The third-order valence-electron chi connectivity index (χ3n) is 1.72. The monoisotopic (exact) mass is 147 g/mol. The molecule has 0 radical (unpaired) electrons. The van der Waals surface area contributed by atoms with Crippen LogP contribution in [0.3, 0.4) is 0 Å². The van der Waals surface area contributed by atoms with E-state index in [4.69, 9.17) is 4.42 Å². The van der Waals surface area contributed by atoms with E-state index in [0.717, 1.165) is 11.5 Å². The van der Waals surface area contributed by atoms with Gasteiger partial charge in [0.15, 0.2) is 0 Å². The Bertz CT molecular complexity index is 332. The fraction of sp³-hybridized carbons (Fsp3) is 0.111. The summed E-state index contributed by atoms with van der Waals surface area (Å²) in [6.45, 7) is 0. The Morgan fingerprint density at radius 2 is 2.18 bits per heavy atom. The number of furan rings is 1. The van der Waals surface area contributed by atoms with Crippen LogP contribution in [0, 0.1) is 0 Å². The first-order valence-electron chi connectivity index (χ1n) is 3.53. The van der Waals surface area contributed by atoms with Gasteiger partial charge in [0.25, 0.3) is 0 Å². The van der Waals surface area contributed by atoms with Crippen molar-refractivity contribution in [2.75, 3.05) is 0 Å². The third kappa shape index (κ3) is 0.963. The Morgan fingerprint density at radius 1 is 1.27 bits per heavy atom. The summed E-state index contributed by atoms with van der Waals surface area (Å²) in [5.74, 6) is 0.914. The van der Waals surface area contributed by atoms with Crippen LogP contribution in [0.1, 0.15) is 0 Å². The topological polar surface area (TPSA) is 18.1 Å². The maximum atomic E-state index is 5.24. The average molecular weight is 147 g/mol. The molecule has 0 spiro atoms. The summed E-state index contributed by atoms with van der Waals surface area (Å²) in [5.41, 5.74) is 1.11. The minimum atomic E-state index is 0.914. The van der Waals surface area contributed by atoms with E-state index in [2.05, 4.69) is 0 Å². The van der Waals surface area contributed by atoms with Gasteiger partial charge in [-0.1, -0.05) is 0 Å². The van der Waals surface area contributed by atoms with Crippen LogP contribution >= 0.6 is 0 Å². The summed E-state index contributed by atoms with van der Waals surface area (Å²) in [6.07, 6.45) is 3.68. The first kappa shape index (κ1) is 6.28. The van der Waals surface area contributed by atoms with Gasteiger partial charge in [-0.25, -0.2) is 0 Å². The van der Waals surface area contributed by atoms with E-state index >= 15 is 0 Å². The summed E-state index contributed by atoms with van der Waals surface area (Å²) in [4.78, 5) is 0. The summed E-state index contributed by atoms with van der Waals surface area (Å²) in [7, 11) is 2.00. The minimum Gasteiger partial charge on any atom is -0.463 e. The molecule has 2 heterocycles. The second-order valence-corrected chi connectivity index (χ2v) is 2.48. The largest absolute Gasteiger partial charge is 0.463 e. The zero-order valence-corrected chi connectivity index (χ0v) is 6.32. The fourth-order valence-corrected chi connectivity index (χ4v) is 1.14. The Balaban J connectivity index is 2.53. The molecule has 0 aliphatic heterocycles. The quantitative estimate of drug-likeness (QED) is 0.605. The molecule has 0 fully saturated rings. The summed E-state index contributed by atoms with van der Waals surface area (Å²) in [5, 5.41) is 0. The Hall–Kier alpha value is -1.44. The molecule has 0 aliphatic rings. The van der Waals surface area contributed by atoms with Gasteiger partial charge in [-0.3, -0.25) is 0 Å². The van der Waals surface area contributed by atoms with Gasteiger partial charge in [0, 0.05) is 13.2 Å². The zero-order chi connectivity index (χ0) is 7.68. The molecule has 0 aromatic carbocycles. The van der Waals surface area contributed by atoms with Crippen molar-refractivity contribution < 1.29 is 4.42 Å². The van der Waals surface area contributed by atoms with Crippen molar-refractivity contribution in [1.82, 2.24) is 4.57 Å². The smallest absolute Gasteiger partial charge is 0.150 e. The summed E-state index contributed by atoms with van der Waals surface area (Å²) >= 11 is 0. The molecule has 0 amide bonds. The molecule has 2 aromatic rings.